The molecule has 1 heterocycles. The normalized spacial score (nSPS) is 13.1. The zero-order valence-electron chi connectivity index (χ0n) is 12.5. The van der Waals surface area contributed by atoms with Gasteiger partial charge in [0, 0.05) is 18.0 Å². The number of hydrogen-bond acceptors (Lipinski definition) is 4. The Balaban J connectivity index is 1.64. The van der Waals surface area contributed by atoms with Crippen LogP contribution in [0.1, 0.15) is 27.1 Å². The number of phenols is 1. The predicted octanol–water partition coefficient (Wildman–Crippen LogP) is 2.67. The van der Waals surface area contributed by atoms with Crippen LogP contribution >= 0.6 is 11.6 Å². The number of benzene rings is 2. The molecular formula is C17H13ClN2O4. The van der Waals surface area contributed by atoms with Gasteiger partial charge in [0.05, 0.1) is 16.8 Å². The highest BCUT2D eigenvalue weighted by atomic mass is 35.5. The number of anilines is 1. The van der Waals surface area contributed by atoms with E-state index in [0.717, 1.165) is 4.90 Å². The van der Waals surface area contributed by atoms with Crippen molar-refractivity contribution in [3.8, 4) is 5.75 Å². The number of fused-ring (bicyclic) bond motifs is 1. The lowest BCUT2D eigenvalue weighted by Crippen LogP contribution is -2.32. The van der Waals surface area contributed by atoms with E-state index >= 15 is 0 Å². The third-order valence-electron chi connectivity index (χ3n) is 3.67. The van der Waals surface area contributed by atoms with Crippen molar-refractivity contribution in [1.29, 1.82) is 0 Å². The highest BCUT2D eigenvalue weighted by molar-refractivity contribution is 6.31. The van der Waals surface area contributed by atoms with Gasteiger partial charge in [-0.1, -0.05) is 23.7 Å². The molecule has 0 atom stereocenters. The molecule has 2 N–H and O–H groups in total. The Morgan fingerprint density at radius 3 is 2.33 bits per heavy atom. The molecule has 1 aliphatic heterocycles. The number of carbonyl (C=O) groups excluding carboxylic acids is 3. The van der Waals surface area contributed by atoms with Crippen LogP contribution in [-0.4, -0.2) is 34.3 Å². The van der Waals surface area contributed by atoms with Gasteiger partial charge in [0.2, 0.25) is 5.91 Å². The summed E-state index contributed by atoms with van der Waals surface area (Å²) < 4.78 is 0. The second-order valence-corrected chi connectivity index (χ2v) is 5.70. The van der Waals surface area contributed by atoms with Crippen LogP contribution in [0.2, 0.25) is 5.02 Å². The van der Waals surface area contributed by atoms with Crippen LogP contribution in [0.5, 0.6) is 5.75 Å². The fourth-order valence-electron chi connectivity index (χ4n) is 2.48. The van der Waals surface area contributed by atoms with Crippen molar-refractivity contribution >= 4 is 35.0 Å². The van der Waals surface area contributed by atoms with E-state index in [1.807, 2.05) is 0 Å². The topological polar surface area (TPSA) is 86.7 Å². The molecule has 0 saturated carbocycles. The monoisotopic (exact) mass is 344 g/mol. The minimum atomic E-state index is -0.441. The molecule has 7 heteroatoms. The van der Waals surface area contributed by atoms with E-state index in [9.17, 15) is 19.5 Å². The third kappa shape index (κ3) is 2.96. The van der Waals surface area contributed by atoms with Gasteiger partial charge in [-0.25, -0.2) is 0 Å². The van der Waals surface area contributed by atoms with Crippen molar-refractivity contribution in [2.24, 2.45) is 0 Å². The van der Waals surface area contributed by atoms with Crippen molar-refractivity contribution < 1.29 is 19.5 Å². The number of nitrogens with zero attached hydrogens (tertiary/aromatic N) is 1. The van der Waals surface area contributed by atoms with Crippen molar-refractivity contribution in [1.82, 2.24) is 4.90 Å². The SMILES string of the molecule is O=C(CCN1C(=O)c2ccccc2C1=O)Nc1cc(Cl)ccc1O. The Kier molecular flexibility index (Phi) is 4.22. The zero-order chi connectivity index (χ0) is 17.3. The molecule has 3 rings (SSSR count). The zero-order valence-corrected chi connectivity index (χ0v) is 13.2. The Morgan fingerprint density at radius 2 is 1.71 bits per heavy atom. The van der Waals surface area contributed by atoms with Gasteiger partial charge in [0.1, 0.15) is 5.75 Å². The molecule has 0 spiro atoms. The number of phenolic OH excluding ortho intramolecular Hbond substituents is 1. The lowest BCUT2D eigenvalue weighted by molar-refractivity contribution is -0.116. The van der Waals surface area contributed by atoms with Crippen LogP contribution in [0.3, 0.4) is 0 Å². The molecular weight excluding hydrogens is 332 g/mol. The van der Waals surface area contributed by atoms with Gasteiger partial charge in [-0.2, -0.15) is 0 Å². The molecule has 0 bridgehead atoms. The van der Waals surface area contributed by atoms with Crippen molar-refractivity contribution in [3.05, 3.63) is 58.6 Å². The van der Waals surface area contributed by atoms with E-state index in [1.54, 1.807) is 24.3 Å². The van der Waals surface area contributed by atoms with Gasteiger partial charge in [0.15, 0.2) is 0 Å². The van der Waals surface area contributed by atoms with Gasteiger partial charge in [-0.05, 0) is 30.3 Å². The van der Waals surface area contributed by atoms with Crippen LogP contribution < -0.4 is 5.32 Å². The lowest BCUT2D eigenvalue weighted by atomic mass is 10.1. The average molecular weight is 345 g/mol. The highest BCUT2D eigenvalue weighted by Crippen LogP contribution is 2.27. The smallest absolute Gasteiger partial charge is 0.261 e. The summed E-state index contributed by atoms with van der Waals surface area (Å²) in [5.74, 6) is -1.37. The van der Waals surface area contributed by atoms with Gasteiger partial charge in [-0.3, -0.25) is 19.3 Å². The summed E-state index contributed by atoms with van der Waals surface area (Å²) in [7, 11) is 0. The van der Waals surface area contributed by atoms with E-state index in [1.165, 1.54) is 18.2 Å². The minimum Gasteiger partial charge on any atom is -0.506 e. The highest BCUT2D eigenvalue weighted by Gasteiger charge is 2.34. The fourth-order valence-corrected chi connectivity index (χ4v) is 2.65. The molecule has 6 nitrogen and oxygen atoms in total. The molecule has 3 amide bonds. The number of amides is 3. The molecule has 0 aromatic heterocycles. The number of nitrogens with one attached hydrogen (secondary N) is 1. The summed E-state index contributed by atoms with van der Waals surface area (Å²) in [4.78, 5) is 37.4. The van der Waals surface area contributed by atoms with Crippen LogP contribution in [0.25, 0.3) is 0 Å². The van der Waals surface area contributed by atoms with Gasteiger partial charge in [-0.15, -0.1) is 0 Å². The quantitative estimate of drug-likeness (QED) is 0.659. The van der Waals surface area contributed by atoms with Crippen molar-refractivity contribution in [2.45, 2.75) is 6.42 Å². The molecule has 0 unspecified atom stereocenters. The third-order valence-corrected chi connectivity index (χ3v) is 3.91. The average Bonchev–Trinajstić information content (AvgIpc) is 2.81. The second kappa shape index (κ2) is 6.33. The maximum atomic E-state index is 12.2. The molecule has 24 heavy (non-hydrogen) atoms. The molecule has 122 valence electrons. The Bertz CT molecular complexity index is 815. The number of carbonyl (C=O) groups is 3. The number of aromatic hydroxyl groups is 1. The second-order valence-electron chi connectivity index (χ2n) is 5.27. The van der Waals surface area contributed by atoms with Gasteiger partial charge >= 0.3 is 0 Å². The molecule has 0 radical (unpaired) electrons. The minimum absolute atomic E-state index is 0.0422. The summed E-state index contributed by atoms with van der Waals surface area (Å²) in [6, 6.07) is 10.8. The summed E-state index contributed by atoms with van der Waals surface area (Å²) in [6.07, 6.45) is -0.0859. The first-order chi connectivity index (χ1) is 11.5. The summed E-state index contributed by atoms with van der Waals surface area (Å²) >= 11 is 5.81. The van der Waals surface area contributed by atoms with Crippen LogP contribution in [-0.2, 0) is 4.79 Å². The van der Waals surface area contributed by atoms with E-state index in [4.69, 9.17) is 11.6 Å². The first kappa shape index (κ1) is 16.0. The predicted molar refractivity (Wildman–Crippen MR) is 88.2 cm³/mol. The number of rotatable bonds is 4. The molecule has 1 aliphatic rings. The first-order valence-corrected chi connectivity index (χ1v) is 7.59. The van der Waals surface area contributed by atoms with Gasteiger partial charge < -0.3 is 10.4 Å². The standard InChI is InChI=1S/C17H13ClN2O4/c18-10-5-6-14(21)13(9-10)19-15(22)7-8-20-16(23)11-3-1-2-4-12(11)17(20)24/h1-6,9,21H,7-8H2,(H,19,22). The largest absolute Gasteiger partial charge is 0.506 e. The Morgan fingerprint density at radius 1 is 1.08 bits per heavy atom. The summed E-state index contributed by atoms with van der Waals surface area (Å²) in [5, 5.41) is 12.5. The number of halogens is 1. The van der Waals surface area contributed by atoms with Crippen LogP contribution in [0.4, 0.5) is 5.69 Å². The maximum Gasteiger partial charge on any atom is 0.261 e. The first-order valence-electron chi connectivity index (χ1n) is 7.21. The van der Waals surface area contributed by atoms with Crippen molar-refractivity contribution in [2.75, 3.05) is 11.9 Å². The van der Waals surface area contributed by atoms with Crippen molar-refractivity contribution in [3.63, 3.8) is 0 Å². The molecule has 0 saturated heterocycles. The van der Waals surface area contributed by atoms with Gasteiger partial charge in [0.25, 0.3) is 11.8 Å². The van der Waals surface area contributed by atoms with E-state index in [2.05, 4.69) is 5.32 Å². The number of imide groups is 1. The summed E-state index contributed by atoms with van der Waals surface area (Å²) in [5.41, 5.74) is 0.862. The number of hydrogen-bond donors (Lipinski definition) is 2. The Hall–Kier alpha value is -2.86. The lowest BCUT2D eigenvalue weighted by Gasteiger charge is -2.14. The molecule has 0 aliphatic carbocycles. The molecule has 2 aromatic rings. The van der Waals surface area contributed by atoms with Crippen LogP contribution in [0.15, 0.2) is 42.5 Å². The van der Waals surface area contributed by atoms with E-state index in [-0.39, 0.29) is 24.4 Å². The molecule has 0 fully saturated rings. The maximum absolute atomic E-state index is 12.2. The Labute approximate surface area is 142 Å². The van der Waals surface area contributed by atoms with Crippen LogP contribution in [0, 0.1) is 0 Å². The fraction of sp³-hybridized carbons (Fsp3) is 0.118. The summed E-state index contributed by atoms with van der Waals surface area (Å²) in [6.45, 7) is -0.0422. The van der Waals surface area contributed by atoms with E-state index in [0.29, 0.717) is 16.1 Å². The van der Waals surface area contributed by atoms with E-state index < -0.39 is 17.7 Å². The molecule has 2 aromatic carbocycles.